The van der Waals surface area contributed by atoms with E-state index in [1.807, 2.05) is 50.2 Å². The highest BCUT2D eigenvalue weighted by atomic mass is 16.5. The van der Waals surface area contributed by atoms with Crippen molar-refractivity contribution in [3.63, 3.8) is 0 Å². The van der Waals surface area contributed by atoms with E-state index in [1.165, 1.54) is 0 Å². The lowest BCUT2D eigenvalue weighted by Gasteiger charge is -2.29. The van der Waals surface area contributed by atoms with Gasteiger partial charge in [0.2, 0.25) is 5.91 Å². The van der Waals surface area contributed by atoms with Crippen molar-refractivity contribution in [1.29, 1.82) is 5.26 Å². The molecule has 0 saturated carbocycles. The number of esters is 1. The molecule has 9 heteroatoms. The van der Waals surface area contributed by atoms with E-state index in [2.05, 4.69) is 10.6 Å². The van der Waals surface area contributed by atoms with E-state index in [4.69, 9.17) is 9.47 Å². The van der Waals surface area contributed by atoms with E-state index in [-0.39, 0.29) is 25.0 Å². The van der Waals surface area contributed by atoms with Gasteiger partial charge in [0.1, 0.15) is 18.7 Å². The maximum absolute atomic E-state index is 12.8. The Hall–Kier alpha value is -3.12. The van der Waals surface area contributed by atoms with Crippen LogP contribution < -0.4 is 10.6 Å². The van der Waals surface area contributed by atoms with E-state index in [1.54, 1.807) is 4.90 Å². The fourth-order valence-corrected chi connectivity index (χ4v) is 3.07. The summed E-state index contributed by atoms with van der Waals surface area (Å²) in [5.74, 6) is -0.955. The van der Waals surface area contributed by atoms with Gasteiger partial charge in [0.25, 0.3) is 0 Å². The average Bonchev–Trinajstić information content (AvgIpc) is 2.77. The third-order valence-corrected chi connectivity index (χ3v) is 4.71. The second-order valence-corrected chi connectivity index (χ2v) is 7.77. The Balaban J connectivity index is 1.88. The van der Waals surface area contributed by atoms with E-state index in [9.17, 15) is 19.6 Å². The van der Waals surface area contributed by atoms with Crippen LogP contribution in [0.2, 0.25) is 0 Å². The van der Waals surface area contributed by atoms with Crippen LogP contribution in [-0.4, -0.2) is 61.2 Å². The Labute approximate surface area is 182 Å². The van der Waals surface area contributed by atoms with Crippen LogP contribution in [0, 0.1) is 17.2 Å². The van der Waals surface area contributed by atoms with Crippen LogP contribution in [0.3, 0.4) is 0 Å². The van der Waals surface area contributed by atoms with Gasteiger partial charge in [-0.05, 0) is 17.9 Å². The van der Waals surface area contributed by atoms with Crippen molar-refractivity contribution in [2.75, 3.05) is 26.3 Å². The number of urea groups is 1. The Morgan fingerprint density at radius 3 is 2.45 bits per heavy atom. The predicted molar refractivity (Wildman–Crippen MR) is 113 cm³/mol. The molecule has 2 rings (SSSR count). The Morgan fingerprint density at radius 1 is 1.16 bits per heavy atom. The van der Waals surface area contributed by atoms with Crippen LogP contribution >= 0.6 is 0 Å². The molecule has 0 unspecified atom stereocenters. The molecule has 1 aliphatic heterocycles. The highest BCUT2D eigenvalue weighted by molar-refractivity contribution is 5.87. The maximum Gasteiger partial charge on any atom is 0.318 e. The molecule has 1 fully saturated rings. The first-order chi connectivity index (χ1) is 14.9. The van der Waals surface area contributed by atoms with Crippen molar-refractivity contribution >= 4 is 17.9 Å². The number of carbonyl (C=O) groups excluding carboxylic acids is 3. The molecule has 1 heterocycles. The fraction of sp³-hybridized carbons (Fsp3) is 0.545. The van der Waals surface area contributed by atoms with Gasteiger partial charge in [0.15, 0.2) is 0 Å². The molecule has 1 aromatic carbocycles. The van der Waals surface area contributed by atoms with E-state index >= 15 is 0 Å². The van der Waals surface area contributed by atoms with Crippen LogP contribution in [0.5, 0.6) is 0 Å². The summed E-state index contributed by atoms with van der Waals surface area (Å²) >= 11 is 0. The lowest BCUT2D eigenvalue weighted by molar-refractivity contribution is -0.145. The molecule has 0 spiro atoms. The summed E-state index contributed by atoms with van der Waals surface area (Å²) in [7, 11) is 0. The smallest absolute Gasteiger partial charge is 0.318 e. The van der Waals surface area contributed by atoms with Gasteiger partial charge in [0.05, 0.1) is 25.7 Å². The van der Waals surface area contributed by atoms with Crippen LogP contribution in [-0.2, 0) is 25.7 Å². The third kappa shape index (κ3) is 8.64. The highest BCUT2D eigenvalue weighted by Crippen LogP contribution is 2.08. The van der Waals surface area contributed by atoms with E-state index < -0.39 is 24.0 Å². The molecule has 1 saturated heterocycles. The maximum atomic E-state index is 12.8. The molecule has 1 aromatic rings. The molecular weight excluding hydrogens is 400 g/mol. The molecule has 2 atom stereocenters. The van der Waals surface area contributed by atoms with Crippen molar-refractivity contribution < 1.29 is 23.9 Å². The zero-order valence-corrected chi connectivity index (χ0v) is 18.0. The average molecular weight is 431 g/mol. The molecule has 2 N–H and O–H groups in total. The Bertz CT molecular complexity index is 772. The monoisotopic (exact) mass is 430 g/mol. The first-order valence-corrected chi connectivity index (χ1v) is 10.4. The number of nitrogens with zero attached hydrogens (tertiary/aromatic N) is 2. The zero-order valence-electron chi connectivity index (χ0n) is 18.0. The molecular formula is C22H30N4O5. The van der Waals surface area contributed by atoms with Crippen LogP contribution in [0.4, 0.5) is 4.79 Å². The topological polar surface area (TPSA) is 121 Å². The van der Waals surface area contributed by atoms with Gasteiger partial charge in [0, 0.05) is 13.1 Å². The predicted octanol–water partition coefficient (Wildman–Crippen LogP) is 1.58. The number of hydrogen-bond acceptors (Lipinski definition) is 6. The second-order valence-electron chi connectivity index (χ2n) is 7.77. The van der Waals surface area contributed by atoms with Gasteiger partial charge >= 0.3 is 12.0 Å². The van der Waals surface area contributed by atoms with Gasteiger partial charge in [-0.2, -0.15) is 5.26 Å². The van der Waals surface area contributed by atoms with E-state index in [0.717, 1.165) is 5.56 Å². The summed E-state index contributed by atoms with van der Waals surface area (Å²) in [6.07, 6.45) is 0.124. The molecule has 0 radical (unpaired) electrons. The highest BCUT2D eigenvalue weighted by Gasteiger charge is 2.27. The van der Waals surface area contributed by atoms with Crippen molar-refractivity contribution in [2.45, 2.75) is 45.4 Å². The first-order valence-electron chi connectivity index (χ1n) is 10.4. The molecule has 0 bridgehead atoms. The van der Waals surface area contributed by atoms with Gasteiger partial charge in [-0.15, -0.1) is 0 Å². The van der Waals surface area contributed by atoms with Gasteiger partial charge in [-0.3, -0.25) is 9.59 Å². The van der Waals surface area contributed by atoms with Gasteiger partial charge in [-0.25, -0.2) is 4.79 Å². The van der Waals surface area contributed by atoms with Crippen molar-refractivity contribution in [3.8, 4) is 6.07 Å². The number of nitrogens with one attached hydrogen (secondary N) is 2. The fourth-order valence-electron chi connectivity index (χ4n) is 3.07. The number of morpholine rings is 1. The number of rotatable bonds is 9. The van der Waals surface area contributed by atoms with Crippen LogP contribution in [0.15, 0.2) is 30.3 Å². The first kappa shape index (κ1) is 24.2. The SMILES string of the molecule is CC(C)C[C@H](NC(=O)N1CCOCC1)C(=O)N[C@@H](C#N)CC(=O)OCc1ccccc1. The van der Waals surface area contributed by atoms with Crippen molar-refractivity contribution in [3.05, 3.63) is 35.9 Å². The largest absolute Gasteiger partial charge is 0.461 e. The van der Waals surface area contributed by atoms with E-state index in [0.29, 0.717) is 32.7 Å². The number of nitriles is 1. The summed E-state index contributed by atoms with van der Waals surface area (Å²) in [5, 5.41) is 14.7. The second kappa shape index (κ2) is 12.5. The molecule has 1 aliphatic rings. The minimum absolute atomic E-state index is 0.0946. The van der Waals surface area contributed by atoms with Crippen LogP contribution in [0.1, 0.15) is 32.3 Å². The normalized spacial score (nSPS) is 15.5. The number of benzene rings is 1. The number of ether oxygens (including phenoxy) is 2. The molecule has 3 amide bonds. The summed E-state index contributed by atoms with van der Waals surface area (Å²) in [6.45, 7) is 5.78. The van der Waals surface area contributed by atoms with Crippen molar-refractivity contribution in [1.82, 2.24) is 15.5 Å². The van der Waals surface area contributed by atoms with Gasteiger partial charge < -0.3 is 25.0 Å². The lowest BCUT2D eigenvalue weighted by Crippen LogP contribution is -2.55. The summed E-state index contributed by atoms with van der Waals surface area (Å²) in [5.41, 5.74) is 0.830. The standard InChI is InChI=1S/C22H30N4O5/c1-16(2)12-19(25-22(29)26-8-10-30-11-9-26)21(28)24-18(14-23)13-20(27)31-15-17-6-4-3-5-7-17/h3-7,16,18-19H,8-13,15H2,1-2H3,(H,24,28)(H,25,29)/t18-,19+/m1/s1. The molecule has 9 nitrogen and oxygen atoms in total. The number of hydrogen-bond donors (Lipinski definition) is 2. The quantitative estimate of drug-likeness (QED) is 0.574. The lowest BCUT2D eigenvalue weighted by atomic mass is 10.0. The minimum atomic E-state index is -1.05. The molecule has 31 heavy (non-hydrogen) atoms. The number of carbonyl (C=O) groups is 3. The summed E-state index contributed by atoms with van der Waals surface area (Å²) < 4.78 is 10.4. The molecule has 0 aromatic heterocycles. The van der Waals surface area contributed by atoms with Crippen LogP contribution in [0.25, 0.3) is 0 Å². The molecule has 168 valence electrons. The minimum Gasteiger partial charge on any atom is -0.461 e. The van der Waals surface area contributed by atoms with Gasteiger partial charge in [-0.1, -0.05) is 44.2 Å². The number of amides is 3. The Kier molecular flexibility index (Phi) is 9.78. The summed E-state index contributed by atoms with van der Waals surface area (Å²) in [4.78, 5) is 38.9. The molecule has 0 aliphatic carbocycles. The Morgan fingerprint density at radius 2 is 1.84 bits per heavy atom. The summed E-state index contributed by atoms with van der Waals surface area (Å²) in [6, 6.07) is 8.88. The third-order valence-electron chi connectivity index (χ3n) is 4.71. The zero-order chi connectivity index (χ0) is 22.6. The van der Waals surface area contributed by atoms with Crippen molar-refractivity contribution in [2.24, 2.45) is 5.92 Å².